The summed E-state index contributed by atoms with van der Waals surface area (Å²) in [6, 6.07) is 10.4. The molecule has 0 amide bonds. The summed E-state index contributed by atoms with van der Waals surface area (Å²) < 4.78 is 5.23. The minimum Gasteiger partial charge on any atom is -0.339 e. The minimum absolute atomic E-state index is 0.0717. The van der Waals surface area contributed by atoms with E-state index in [-0.39, 0.29) is 6.04 Å². The lowest BCUT2D eigenvalue weighted by molar-refractivity contribution is 0.349. The molecule has 0 aliphatic heterocycles. The number of nitrogens with zero attached hydrogens (tertiary/aromatic N) is 2. The van der Waals surface area contributed by atoms with Crippen molar-refractivity contribution in [1.82, 2.24) is 10.1 Å². The molecule has 0 aliphatic carbocycles. The zero-order chi connectivity index (χ0) is 13.7. The minimum atomic E-state index is 0.0717. The van der Waals surface area contributed by atoms with Gasteiger partial charge in [-0.3, -0.25) is 0 Å². The Morgan fingerprint density at radius 1 is 1.16 bits per heavy atom. The molecule has 2 aromatic rings. The largest absolute Gasteiger partial charge is 0.339 e. The van der Waals surface area contributed by atoms with Gasteiger partial charge in [-0.1, -0.05) is 49.3 Å². The summed E-state index contributed by atoms with van der Waals surface area (Å²) in [4.78, 5) is 4.39. The van der Waals surface area contributed by atoms with Gasteiger partial charge in [0.25, 0.3) is 0 Å². The SMILES string of the molecule is CC(C)C(N)Cc1nc(CCc2ccccc2)no1. The van der Waals surface area contributed by atoms with E-state index in [9.17, 15) is 0 Å². The highest BCUT2D eigenvalue weighted by molar-refractivity contribution is 5.15. The summed E-state index contributed by atoms with van der Waals surface area (Å²) in [5.74, 6) is 1.82. The zero-order valence-electron chi connectivity index (χ0n) is 11.5. The molecule has 0 saturated carbocycles. The van der Waals surface area contributed by atoms with E-state index < -0.39 is 0 Å². The lowest BCUT2D eigenvalue weighted by Gasteiger charge is -2.11. The summed E-state index contributed by atoms with van der Waals surface area (Å²) >= 11 is 0. The van der Waals surface area contributed by atoms with Crippen LogP contribution in [-0.4, -0.2) is 16.2 Å². The van der Waals surface area contributed by atoms with E-state index in [4.69, 9.17) is 10.3 Å². The Balaban J connectivity index is 1.87. The molecule has 1 atom stereocenters. The summed E-state index contributed by atoms with van der Waals surface area (Å²) in [6.45, 7) is 4.19. The van der Waals surface area contributed by atoms with Crippen molar-refractivity contribution in [3.63, 3.8) is 0 Å². The average molecular weight is 259 g/mol. The number of aryl methyl sites for hydroxylation is 2. The fourth-order valence-corrected chi connectivity index (χ4v) is 1.81. The van der Waals surface area contributed by atoms with Gasteiger partial charge in [0.15, 0.2) is 5.82 Å². The van der Waals surface area contributed by atoms with Gasteiger partial charge in [-0.25, -0.2) is 0 Å². The topological polar surface area (TPSA) is 64.9 Å². The van der Waals surface area contributed by atoms with Crippen LogP contribution in [0, 0.1) is 5.92 Å². The molecular weight excluding hydrogens is 238 g/mol. The molecule has 0 saturated heterocycles. The van der Waals surface area contributed by atoms with Crippen LogP contribution in [0.1, 0.15) is 31.1 Å². The van der Waals surface area contributed by atoms with Crippen LogP contribution < -0.4 is 5.73 Å². The molecule has 1 unspecified atom stereocenters. The maximum atomic E-state index is 6.00. The van der Waals surface area contributed by atoms with Gasteiger partial charge in [-0.15, -0.1) is 0 Å². The standard InChI is InChI=1S/C15H21N3O/c1-11(2)13(16)10-15-17-14(18-19-15)9-8-12-6-4-3-5-7-12/h3-7,11,13H,8-10,16H2,1-2H3. The van der Waals surface area contributed by atoms with Crippen molar-refractivity contribution >= 4 is 0 Å². The van der Waals surface area contributed by atoms with Crippen molar-refractivity contribution in [2.45, 2.75) is 39.2 Å². The first-order chi connectivity index (χ1) is 9.15. The third-order valence-electron chi connectivity index (χ3n) is 3.26. The first-order valence-electron chi connectivity index (χ1n) is 6.76. The first kappa shape index (κ1) is 13.7. The summed E-state index contributed by atoms with van der Waals surface area (Å²) in [5, 5.41) is 4.00. The molecule has 0 spiro atoms. The third-order valence-corrected chi connectivity index (χ3v) is 3.26. The van der Waals surface area contributed by atoms with E-state index in [1.165, 1.54) is 5.56 Å². The predicted octanol–water partition coefficient (Wildman–Crippen LogP) is 2.38. The van der Waals surface area contributed by atoms with E-state index >= 15 is 0 Å². The summed E-state index contributed by atoms with van der Waals surface area (Å²) in [7, 11) is 0. The molecule has 1 aromatic carbocycles. The van der Waals surface area contributed by atoms with Gasteiger partial charge >= 0.3 is 0 Å². The van der Waals surface area contributed by atoms with Crippen LogP contribution in [0.4, 0.5) is 0 Å². The lowest BCUT2D eigenvalue weighted by atomic mass is 10.0. The molecule has 4 nitrogen and oxygen atoms in total. The summed E-state index contributed by atoms with van der Waals surface area (Å²) in [6.07, 6.45) is 2.37. The molecule has 4 heteroatoms. The normalized spacial score (nSPS) is 12.8. The molecule has 1 heterocycles. The monoisotopic (exact) mass is 259 g/mol. The molecule has 0 aliphatic rings. The number of hydrogen-bond acceptors (Lipinski definition) is 4. The molecule has 102 valence electrons. The molecular formula is C15H21N3O. The Labute approximate surface area is 114 Å². The molecule has 0 bridgehead atoms. The number of benzene rings is 1. The Hall–Kier alpha value is -1.68. The second-order valence-corrected chi connectivity index (χ2v) is 5.20. The first-order valence-corrected chi connectivity index (χ1v) is 6.76. The van der Waals surface area contributed by atoms with Crippen LogP contribution in [0.15, 0.2) is 34.9 Å². The van der Waals surface area contributed by atoms with E-state index in [1.807, 2.05) is 18.2 Å². The molecule has 1 aromatic heterocycles. The van der Waals surface area contributed by atoms with Gasteiger partial charge in [-0.2, -0.15) is 4.98 Å². The van der Waals surface area contributed by atoms with Crippen molar-refractivity contribution in [3.05, 3.63) is 47.6 Å². The van der Waals surface area contributed by atoms with Gasteiger partial charge in [0.05, 0.1) is 0 Å². The van der Waals surface area contributed by atoms with Gasteiger partial charge in [0.1, 0.15) is 0 Å². The Bertz CT molecular complexity index is 493. The summed E-state index contributed by atoms with van der Waals surface area (Å²) in [5.41, 5.74) is 7.28. The van der Waals surface area contributed by atoms with Crippen molar-refractivity contribution in [1.29, 1.82) is 0 Å². The van der Waals surface area contributed by atoms with E-state index in [2.05, 4.69) is 36.1 Å². The smallest absolute Gasteiger partial charge is 0.228 e. The molecule has 19 heavy (non-hydrogen) atoms. The van der Waals surface area contributed by atoms with Gasteiger partial charge in [-0.05, 0) is 17.9 Å². The van der Waals surface area contributed by atoms with Crippen molar-refractivity contribution in [3.8, 4) is 0 Å². The second kappa shape index (κ2) is 6.48. The van der Waals surface area contributed by atoms with Crippen LogP contribution in [0.3, 0.4) is 0 Å². The maximum absolute atomic E-state index is 6.00. The fraction of sp³-hybridized carbons (Fsp3) is 0.467. The number of aromatic nitrogens is 2. The number of nitrogens with two attached hydrogens (primary N) is 1. The van der Waals surface area contributed by atoms with E-state index in [0.29, 0.717) is 18.2 Å². The van der Waals surface area contributed by atoms with Crippen LogP contribution in [-0.2, 0) is 19.3 Å². The highest BCUT2D eigenvalue weighted by Crippen LogP contribution is 2.08. The Kier molecular flexibility index (Phi) is 4.68. The average Bonchev–Trinajstić information content (AvgIpc) is 2.85. The fourth-order valence-electron chi connectivity index (χ4n) is 1.81. The highest BCUT2D eigenvalue weighted by Gasteiger charge is 2.13. The van der Waals surface area contributed by atoms with Crippen molar-refractivity contribution < 1.29 is 4.52 Å². The number of rotatable bonds is 6. The van der Waals surface area contributed by atoms with Crippen LogP contribution in [0.2, 0.25) is 0 Å². The van der Waals surface area contributed by atoms with Crippen LogP contribution in [0.5, 0.6) is 0 Å². The van der Waals surface area contributed by atoms with Gasteiger partial charge < -0.3 is 10.3 Å². The number of hydrogen-bond donors (Lipinski definition) is 1. The molecule has 0 fully saturated rings. The highest BCUT2D eigenvalue weighted by atomic mass is 16.5. The Morgan fingerprint density at radius 3 is 2.58 bits per heavy atom. The van der Waals surface area contributed by atoms with Gasteiger partial charge in [0, 0.05) is 18.9 Å². The van der Waals surface area contributed by atoms with Crippen LogP contribution >= 0.6 is 0 Å². The third kappa shape index (κ3) is 4.17. The quantitative estimate of drug-likeness (QED) is 0.865. The van der Waals surface area contributed by atoms with E-state index in [0.717, 1.165) is 18.7 Å². The molecule has 2 N–H and O–H groups in total. The molecule has 2 rings (SSSR count). The van der Waals surface area contributed by atoms with Crippen molar-refractivity contribution in [2.24, 2.45) is 11.7 Å². The van der Waals surface area contributed by atoms with Crippen LogP contribution in [0.25, 0.3) is 0 Å². The van der Waals surface area contributed by atoms with Crippen molar-refractivity contribution in [2.75, 3.05) is 0 Å². The zero-order valence-corrected chi connectivity index (χ0v) is 11.5. The predicted molar refractivity (Wildman–Crippen MR) is 74.7 cm³/mol. The second-order valence-electron chi connectivity index (χ2n) is 5.20. The maximum Gasteiger partial charge on any atom is 0.228 e. The van der Waals surface area contributed by atoms with E-state index in [1.54, 1.807) is 0 Å². The van der Waals surface area contributed by atoms with Gasteiger partial charge in [0.2, 0.25) is 5.89 Å². The Morgan fingerprint density at radius 2 is 1.89 bits per heavy atom. The lowest BCUT2D eigenvalue weighted by Crippen LogP contribution is -2.28. The molecule has 0 radical (unpaired) electrons.